The van der Waals surface area contributed by atoms with Gasteiger partial charge in [0.2, 0.25) is 5.89 Å². The molecule has 0 bridgehead atoms. The number of aromatic nitrogens is 2. The molecule has 3 aromatic rings. The molecule has 3 rings (SSSR count). The smallest absolute Gasteiger partial charge is 0.360 e. The van der Waals surface area contributed by atoms with Crippen molar-refractivity contribution >= 4 is 18.1 Å². The Balaban J connectivity index is 1.74. The normalized spacial score (nSPS) is 12.2. The van der Waals surface area contributed by atoms with E-state index in [1.165, 1.54) is 7.11 Å². The highest BCUT2D eigenvalue weighted by Gasteiger charge is 2.23. The van der Waals surface area contributed by atoms with Crippen molar-refractivity contribution in [2.45, 2.75) is 26.4 Å². The number of aryl methyl sites for hydroxylation is 2. The molecule has 0 fully saturated rings. The highest BCUT2D eigenvalue weighted by Crippen LogP contribution is 2.29. The van der Waals surface area contributed by atoms with E-state index in [-0.39, 0.29) is 18.0 Å². The lowest BCUT2D eigenvalue weighted by atomic mass is 10.1. The van der Waals surface area contributed by atoms with Crippen LogP contribution in [0.1, 0.15) is 51.2 Å². The van der Waals surface area contributed by atoms with Crippen LogP contribution in [0.3, 0.4) is 0 Å². The first kappa shape index (κ1) is 22.1. The summed E-state index contributed by atoms with van der Waals surface area (Å²) in [5, 5.41) is 10.6. The van der Waals surface area contributed by atoms with E-state index in [0.717, 1.165) is 5.56 Å². The van der Waals surface area contributed by atoms with Crippen molar-refractivity contribution in [2.24, 2.45) is 0 Å². The maximum atomic E-state index is 11.7. The summed E-state index contributed by atoms with van der Waals surface area (Å²) in [5.74, 6) is 1.98. The maximum Gasteiger partial charge on any atom is 0.360 e. The number of hydrogen-bond donors (Lipinski definition) is 1. The summed E-state index contributed by atoms with van der Waals surface area (Å²) in [5.41, 5.74) is 1.31. The second kappa shape index (κ2) is 9.48. The number of oxazole rings is 2. The Hall–Kier alpha value is -3.59. The van der Waals surface area contributed by atoms with Gasteiger partial charge in [-0.25, -0.2) is 14.8 Å². The van der Waals surface area contributed by atoms with Gasteiger partial charge < -0.3 is 28.2 Å². The van der Waals surface area contributed by atoms with Crippen LogP contribution in [-0.4, -0.2) is 42.4 Å². The minimum Gasteiger partial charge on any atom is -0.493 e. The zero-order valence-corrected chi connectivity index (χ0v) is 18.0. The molecule has 2 heterocycles. The summed E-state index contributed by atoms with van der Waals surface area (Å²) < 4.78 is 26.3. The van der Waals surface area contributed by atoms with Crippen LogP contribution in [-0.2, 0) is 11.2 Å². The van der Waals surface area contributed by atoms with E-state index in [0.29, 0.717) is 34.6 Å². The van der Waals surface area contributed by atoms with Crippen molar-refractivity contribution < 1.29 is 32.9 Å². The summed E-state index contributed by atoms with van der Waals surface area (Å²) in [4.78, 5) is 20.1. The predicted octanol–water partition coefficient (Wildman–Crippen LogP) is 3.53. The molecule has 1 N–H and O–H groups in total. The van der Waals surface area contributed by atoms with Gasteiger partial charge in [0.25, 0.3) is 0 Å². The topological polar surface area (TPSA) is 117 Å². The molecule has 0 radical (unpaired) electrons. The fraction of sp³-hybridized carbons (Fsp3) is 0.318. The molecule has 0 aliphatic rings. The quantitative estimate of drug-likeness (QED) is 0.538. The van der Waals surface area contributed by atoms with Crippen LogP contribution in [0.5, 0.6) is 11.5 Å². The summed E-state index contributed by atoms with van der Waals surface area (Å²) >= 11 is 0. The Bertz CT molecular complexity index is 1100. The lowest BCUT2D eigenvalue weighted by Crippen LogP contribution is -2.06. The SMILES string of the molecule is COC(=O)c1nc(CC(O)c2nc(/C=C/c3ccc(OC)c(OC)c3)oc2C)oc1C. The largest absolute Gasteiger partial charge is 0.493 e. The van der Waals surface area contributed by atoms with E-state index in [1.54, 1.807) is 40.2 Å². The number of methoxy groups -OCH3 is 3. The minimum atomic E-state index is -1.02. The summed E-state index contributed by atoms with van der Waals surface area (Å²) in [6.45, 7) is 3.31. The first-order valence-corrected chi connectivity index (χ1v) is 9.46. The number of aliphatic hydroxyl groups is 1. The van der Waals surface area contributed by atoms with Crippen molar-refractivity contribution in [2.75, 3.05) is 21.3 Å². The third-order valence-electron chi connectivity index (χ3n) is 4.58. The zero-order chi connectivity index (χ0) is 22.5. The van der Waals surface area contributed by atoms with Crippen molar-refractivity contribution in [3.63, 3.8) is 0 Å². The minimum absolute atomic E-state index is 0.0318. The van der Waals surface area contributed by atoms with E-state index in [2.05, 4.69) is 14.7 Å². The zero-order valence-electron chi connectivity index (χ0n) is 18.0. The van der Waals surface area contributed by atoms with Gasteiger partial charge >= 0.3 is 5.97 Å². The fourth-order valence-corrected chi connectivity index (χ4v) is 3.02. The molecular formula is C22H24N2O7. The number of benzene rings is 1. The molecule has 1 unspecified atom stereocenters. The molecule has 9 nitrogen and oxygen atoms in total. The molecule has 0 saturated carbocycles. The first-order chi connectivity index (χ1) is 14.9. The molecule has 2 aromatic heterocycles. The Labute approximate surface area is 179 Å². The number of ether oxygens (including phenoxy) is 3. The highest BCUT2D eigenvalue weighted by atomic mass is 16.5. The van der Waals surface area contributed by atoms with Crippen molar-refractivity contribution in [3.05, 3.63) is 58.5 Å². The van der Waals surface area contributed by atoms with Crippen LogP contribution in [0.25, 0.3) is 12.2 Å². The molecule has 0 amide bonds. The maximum absolute atomic E-state index is 11.7. The van der Waals surface area contributed by atoms with E-state index < -0.39 is 12.1 Å². The molecule has 9 heteroatoms. The number of rotatable bonds is 8. The van der Waals surface area contributed by atoms with E-state index >= 15 is 0 Å². The van der Waals surface area contributed by atoms with Gasteiger partial charge in [0.05, 0.1) is 27.8 Å². The van der Waals surface area contributed by atoms with Crippen LogP contribution in [0.15, 0.2) is 27.0 Å². The first-order valence-electron chi connectivity index (χ1n) is 9.46. The predicted molar refractivity (Wildman–Crippen MR) is 111 cm³/mol. The second-order valence-corrected chi connectivity index (χ2v) is 6.67. The molecule has 164 valence electrons. The average Bonchev–Trinajstić information content (AvgIpc) is 3.33. The summed E-state index contributed by atoms with van der Waals surface area (Å²) in [6, 6.07) is 5.49. The van der Waals surface area contributed by atoms with Gasteiger partial charge in [0.15, 0.2) is 23.1 Å². The van der Waals surface area contributed by atoms with Crippen molar-refractivity contribution in [3.8, 4) is 11.5 Å². The number of esters is 1. The standard InChI is InChI=1S/C22H24N2O7/c1-12-20(15(25)11-19-24-21(13(2)31-19)22(26)29-5)23-18(30-12)9-7-14-6-8-16(27-3)17(10-14)28-4/h6-10,15,25H,11H2,1-5H3/b9-7+. The Kier molecular flexibility index (Phi) is 6.76. The third-order valence-corrected chi connectivity index (χ3v) is 4.58. The Morgan fingerprint density at radius 1 is 1.06 bits per heavy atom. The summed E-state index contributed by atoms with van der Waals surface area (Å²) in [6.07, 6.45) is 2.51. The highest BCUT2D eigenvalue weighted by molar-refractivity contribution is 5.88. The molecule has 0 aliphatic carbocycles. The number of carbonyl (C=O) groups is 1. The number of aliphatic hydroxyl groups excluding tert-OH is 1. The van der Waals surface area contributed by atoms with Crippen LogP contribution < -0.4 is 9.47 Å². The number of hydrogen-bond acceptors (Lipinski definition) is 9. The monoisotopic (exact) mass is 428 g/mol. The summed E-state index contributed by atoms with van der Waals surface area (Å²) in [7, 11) is 4.41. The molecule has 1 aromatic carbocycles. The van der Waals surface area contributed by atoms with Crippen LogP contribution in [0.4, 0.5) is 0 Å². The second-order valence-electron chi connectivity index (χ2n) is 6.67. The van der Waals surface area contributed by atoms with Gasteiger partial charge in [-0.05, 0) is 37.6 Å². The molecule has 0 spiro atoms. The molecule has 1 atom stereocenters. The molecule has 31 heavy (non-hydrogen) atoms. The Morgan fingerprint density at radius 3 is 2.48 bits per heavy atom. The van der Waals surface area contributed by atoms with Gasteiger partial charge in [-0.2, -0.15) is 0 Å². The third kappa shape index (κ3) is 4.95. The van der Waals surface area contributed by atoms with Gasteiger partial charge in [-0.15, -0.1) is 0 Å². The Morgan fingerprint density at radius 2 is 1.81 bits per heavy atom. The van der Waals surface area contributed by atoms with Crippen LogP contribution in [0, 0.1) is 13.8 Å². The number of nitrogens with zero attached hydrogens (tertiary/aromatic N) is 2. The fourth-order valence-electron chi connectivity index (χ4n) is 3.02. The molecular weight excluding hydrogens is 404 g/mol. The van der Waals surface area contributed by atoms with E-state index in [1.807, 2.05) is 18.2 Å². The van der Waals surface area contributed by atoms with Crippen LogP contribution >= 0.6 is 0 Å². The van der Waals surface area contributed by atoms with Gasteiger partial charge in [0.1, 0.15) is 23.3 Å². The molecule has 0 aliphatic heterocycles. The van der Waals surface area contributed by atoms with Crippen molar-refractivity contribution in [1.29, 1.82) is 0 Å². The average molecular weight is 428 g/mol. The van der Waals surface area contributed by atoms with E-state index in [4.69, 9.17) is 18.3 Å². The number of carbonyl (C=O) groups excluding carboxylic acids is 1. The van der Waals surface area contributed by atoms with Crippen LogP contribution in [0.2, 0.25) is 0 Å². The molecule has 0 saturated heterocycles. The van der Waals surface area contributed by atoms with Gasteiger partial charge in [0, 0.05) is 6.08 Å². The van der Waals surface area contributed by atoms with Gasteiger partial charge in [-0.3, -0.25) is 0 Å². The van der Waals surface area contributed by atoms with Crippen molar-refractivity contribution in [1.82, 2.24) is 9.97 Å². The lowest BCUT2D eigenvalue weighted by molar-refractivity contribution is 0.0592. The van der Waals surface area contributed by atoms with Gasteiger partial charge in [-0.1, -0.05) is 6.07 Å². The van der Waals surface area contributed by atoms with E-state index in [9.17, 15) is 9.90 Å². The lowest BCUT2D eigenvalue weighted by Gasteiger charge is -2.07.